The Morgan fingerprint density at radius 3 is 2.93 bits per heavy atom. The average Bonchev–Trinajstić information content (AvgIpc) is 3.48. The smallest absolute Gasteiger partial charge is 0.191 e. The molecule has 7 heteroatoms. The Labute approximate surface area is 168 Å². The van der Waals surface area contributed by atoms with Crippen LogP contribution < -0.4 is 10.6 Å². The average molecular weight is 393 g/mol. The number of hydrogen-bond donors (Lipinski definition) is 2. The molecule has 158 valence electrons. The fourth-order valence-electron chi connectivity index (χ4n) is 3.81. The molecule has 0 saturated carbocycles. The second-order valence-electron chi connectivity index (χ2n) is 7.48. The molecular weight excluding hydrogens is 356 g/mol. The first-order valence-corrected chi connectivity index (χ1v) is 10.9. The van der Waals surface area contributed by atoms with Gasteiger partial charge in [0.25, 0.3) is 0 Å². The highest BCUT2D eigenvalue weighted by atomic mass is 16.5. The zero-order valence-electron chi connectivity index (χ0n) is 17.2. The van der Waals surface area contributed by atoms with Gasteiger partial charge in [-0.25, -0.2) is 0 Å². The number of hydrogen-bond acceptors (Lipinski definition) is 5. The lowest BCUT2D eigenvalue weighted by Gasteiger charge is -2.24. The van der Waals surface area contributed by atoms with Crippen molar-refractivity contribution in [1.29, 1.82) is 0 Å². The van der Waals surface area contributed by atoms with Crippen molar-refractivity contribution in [3.63, 3.8) is 0 Å². The lowest BCUT2D eigenvalue weighted by molar-refractivity contribution is 0.0168. The van der Waals surface area contributed by atoms with E-state index < -0.39 is 0 Å². The number of rotatable bonds is 11. The molecule has 0 bridgehead atoms. The van der Waals surface area contributed by atoms with Gasteiger partial charge in [0.1, 0.15) is 5.76 Å². The summed E-state index contributed by atoms with van der Waals surface area (Å²) in [5, 5.41) is 6.76. The summed E-state index contributed by atoms with van der Waals surface area (Å²) in [6.45, 7) is 9.05. The van der Waals surface area contributed by atoms with E-state index in [0.717, 1.165) is 77.0 Å². The molecule has 3 rings (SSSR count). The maximum absolute atomic E-state index is 5.73. The van der Waals surface area contributed by atoms with Crippen molar-refractivity contribution in [3.05, 3.63) is 24.2 Å². The highest BCUT2D eigenvalue weighted by Gasteiger charge is 2.25. The largest absolute Gasteiger partial charge is 0.468 e. The highest BCUT2D eigenvalue weighted by Crippen LogP contribution is 2.25. The molecule has 2 N–H and O–H groups in total. The van der Waals surface area contributed by atoms with Gasteiger partial charge < -0.3 is 24.5 Å². The van der Waals surface area contributed by atoms with E-state index in [2.05, 4.69) is 28.5 Å². The monoisotopic (exact) mass is 392 g/mol. The number of guanidine groups is 1. The number of furan rings is 1. The van der Waals surface area contributed by atoms with E-state index in [1.807, 2.05) is 6.07 Å². The summed E-state index contributed by atoms with van der Waals surface area (Å²) in [5.41, 5.74) is 0. The number of nitrogens with zero attached hydrogens (tertiary/aromatic N) is 2. The van der Waals surface area contributed by atoms with Gasteiger partial charge in [-0.1, -0.05) is 0 Å². The zero-order chi connectivity index (χ0) is 19.4. The van der Waals surface area contributed by atoms with Crippen LogP contribution >= 0.6 is 0 Å². The molecule has 7 nitrogen and oxygen atoms in total. The quantitative estimate of drug-likeness (QED) is 0.343. The van der Waals surface area contributed by atoms with Crippen LogP contribution in [-0.4, -0.2) is 69.5 Å². The topological polar surface area (TPSA) is 71.3 Å². The van der Waals surface area contributed by atoms with Crippen LogP contribution in [-0.2, 0) is 9.47 Å². The van der Waals surface area contributed by atoms with Gasteiger partial charge in [0.15, 0.2) is 5.96 Å². The summed E-state index contributed by atoms with van der Waals surface area (Å²) in [4.78, 5) is 7.30. The predicted octanol–water partition coefficient (Wildman–Crippen LogP) is 2.56. The molecule has 2 unspecified atom stereocenters. The minimum atomic E-state index is 0.211. The van der Waals surface area contributed by atoms with E-state index in [-0.39, 0.29) is 6.04 Å². The molecule has 28 heavy (non-hydrogen) atoms. The molecular formula is C21H36N4O3. The fourth-order valence-corrected chi connectivity index (χ4v) is 3.81. The van der Waals surface area contributed by atoms with E-state index in [4.69, 9.17) is 18.9 Å². The van der Waals surface area contributed by atoms with Crippen molar-refractivity contribution in [2.45, 2.75) is 51.2 Å². The van der Waals surface area contributed by atoms with Gasteiger partial charge in [-0.15, -0.1) is 0 Å². The third-order valence-electron chi connectivity index (χ3n) is 5.31. The molecule has 2 saturated heterocycles. The number of nitrogens with one attached hydrogen (secondary N) is 2. The van der Waals surface area contributed by atoms with Crippen LogP contribution in [0, 0.1) is 0 Å². The molecule has 0 radical (unpaired) electrons. The van der Waals surface area contributed by atoms with Gasteiger partial charge in [-0.3, -0.25) is 9.89 Å². The molecule has 2 aliphatic rings. The summed E-state index contributed by atoms with van der Waals surface area (Å²) >= 11 is 0. The summed E-state index contributed by atoms with van der Waals surface area (Å²) in [6, 6.07) is 4.23. The van der Waals surface area contributed by atoms with Gasteiger partial charge in [0.2, 0.25) is 0 Å². The lowest BCUT2D eigenvalue weighted by atomic mass is 10.2. The van der Waals surface area contributed by atoms with E-state index in [1.165, 1.54) is 12.8 Å². The van der Waals surface area contributed by atoms with Crippen molar-refractivity contribution in [1.82, 2.24) is 15.5 Å². The lowest BCUT2D eigenvalue weighted by Crippen LogP contribution is -2.39. The van der Waals surface area contributed by atoms with Crippen molar-refractivity contribution in [2.24, 2.45) is 4.99 Å². The van der Waals surface area contributed by atoms with Crippen LogP contribution in [0.15, 0.2) is 27.8 Å². The number of ether oxygens (including phenoxy) is 2. The van der Waals surface area contributed by atoms with Crippen LogP contribution in [0.1, 0.15) is 50.8 Å². The van der Waals surface area contributed by atoms with E-state index >= 15 is 0 Å². The maximum Gasteiger partial charge on any atom is 0.191 e. The SMILES string of the molecule is CCNC(=NCC(c1ccco1)N1CCCC1)NCCCOCC1CCCO1. The normalized spacial score (nSPS) is 21.9. The maximum atomic E-state index is 5.73. The molecule has 1 aromatic heterocycles. The second-order valence-corrected chi connectivity index (χ2v) is 7.48. The Hall–Kier alpha value is -1.57. The van der Waals surface area contributed by atoms with Gasteiger partial charge in [-0.05, 0) is 64.3 Å². The number of aliphatic imine (C=N–C) groups is 1. The fraction of sp³-hybridized carbons (Fsp3) is 0.762. The molecule has 3 heterocycles. The predicted molar refractivity (Wildman–Crippen MR) is 111 cm³/mol. The van der Waals surface area contributed by atoms with Crippen LogP contribution in [0.25, 0.3) is 0 Å². The molecule has 1 aromatic rings. The van der Waals surface area contributed by atoms with Crippen molar-refractivity contribution in [2.75, 3.05) is 52.5 Å². The Balaban J connectivity index is 1.41. The van der Waals surface area contributed by atoms with Crippen LogP contribution in [0.4, 0.5) is 0 Å². The minimum Gasteiger partial charge on any atom is -0.468 e. The van der Waals surface area contributed by atoms with Crippen LogP contribution in [0.3, 0.4) is 0 Å². The molecule has 2 atom stereocenters. The minimum absolute atomic E-state index is 0.211. The Morgan fingerprint density at radius 2 is 2.21 bits per heavy atom. The second kappa shape index (κ2) is 12.1. The molecule has 0 spiro atoms. The Morgan fingerprint density at radius 1 is 1.32 bits per heavy atom. The molecule has 2 aliphatic heterocycles. The third-order valence-corrected chi connectivity index (χ3v) is 5.31. The molecule has 0 amide bonds. The molecule has 2 fully saturated rings. The van der Waals surface area contributed by atoms with E-state index in [0.29, 0.717) is 12.6 Å². The molecule has 0 aromatic carbocycles. The Bertz CT molecular complexity index is 552. The number of likely N-dealkylation sites (tertiary alicyclic amines) is 1. The summed E-state index contributed by atoms with van der Waals surface area (Å²) < 4.78 is 17.0. The van der Waals surface area contributed by atoms with Gasteiger partial charge in [0.05, 0.1) is 31.6 Å². The van der Waals surface area contributed by atoms with Crippen LogP contribution in [0.5, 0.6) is 0 Å². The van der Waals surface area contributed by atoms with Crippen LogP contribution in [0.2, 0.25) is 0 Å². The zero-order valence-corrected chi connectivity index (χ0v) is 17.2. The van der Waals surface area contributed by atoms with Crippen molar-refractivity contribution >= 4 is 5.96 Å². The first-order valence-electron chi connectivity index (χ1n) is 10.9. The van der Waals surface area contributed by atoms with Crippen molar-refractivity contribution in [3.8, 4) is 0 Å². The summed E-state index contributed by atoms with van der Waals surface area (Å²) in [7, 11) is 0. The van der Waals surface area contributed by atoms with Gasteiger partial charge in [-0.2, -0.15) is 0 Å². The van der Waals surface area contributed by atoms with Gasteiger partial charge >= 0.3 is 0 Å². The summed E-state index contributed by atoms with van der Waals surface area (Å²) in [6.07, 6.45) is 7.80. The highest BCUT2D eigenvalue weighted by molar-refractivity contribution is 5.79. The first kappa shape index (κ1) is 21.1. The Kier molecular flexibility index (Phi) is 9.13. The van der Waals surface area contributed by atoms with Crippen molar-refractivity contribution < 1.29 is 13.9 Å². The van der Waals surface area contributed by atoms with Gasteiger partial charge in [0, 0.05) is 26.3 Å². The summed E-state index contributed by atoms with van der Waals surface area (Å²) in [5.74, 6) is 1.86. The third kappa shape index (κ3) is 6.79. The standard InChI is InChI=1S/C21H36N4O3/c1-2-22-21(23-10-7-13-26-17-18-8-5-14-27-18)24-16-19(20-9-6-15-28-20)25-11-3-4-12-25/h6,9,15,18-19H,2-5,7-8,10-14,16-17H2,1H3,(H2,22,23,24). The molecule has 0 aliphatic carbocycles. The van der Waals surface area contributed by atoms with E-state index in [1.54, 1.807) is 6.26 Å². The van der Waals surface area contributed by atoms with E-state index in [9.17, 15) is 0 Å². The first-order chi connectivity index (χ1) is 13.9.